The summed E-state index contributed by atoms with van der Waals surface area (Å²) >= 11 is 1.70. The van der Waals surface area contributed by atoms with Crippen molar-refractivity contribution in [1.82, 2.24) is 4.90 Å². The van der Waals surface area contributed by atoms with Gasteiger partial charge in [-0.2, -0.15) is 0 Å². The van der Waals surface area contributed by atoms with Gasteiger partial charge in [0.05, 0.1) is 5.25 Å². The molecule has 1 amide bonds. The lowest BCUT2D eigenvalue weighted by atomic mass is 10.2. The first kappa shape index (κ1) is 17.3. The molecule has 2 N–H and O–H groups in total. The van der Waals surface area contributed by atoms with E-state index in [1.807, 2.05) is 30.0 Å². The molecule has 1 saturated heterocycles. The monoisotopic (exact) mass is 314 g/mol. The average Bonchev–Trinajstić information content (AvgIpc) is 2.93. The molecule has 1 fully saturated rings. The standard InChI is InChI=1S/C15H22N2OS.ClH/c1-12(19-11-13-6-3-2-4-7-13)15(18)17-9-5-8-14(17)10-16;/h2-4,6-7,12,14H,5,8-11,16H2,1H3;1H. The van der Waals surface area contributed by atoms with E-state index in [-0.39, 0.29) is 29.6 Å². The molecule has 1 aliphatic rings. The molecule has 20 heavy (non-hydrogen) atoms. The lowest BCUT2D eigenvalue weighted by Crippen LogP contribution is -2.43. The quantitative estimate of drug-likeness (QED) is 0.909. The van der Waals surface area contributed by atoms with Crippen molar-refractivity contribution < 1.29 is 4.79 Å². The number of carbonyl (C=O) groups is 1. The van der Waals surface area contributed by atoms with Crippen LogP contribution in [-0.2, 0) is 10.5 Å². The van der Waals surface area contributed by atoms with E-state index in [0.717, 1.165) is 25.1 Å². The number of halogens is 1. The number of benzene rings is 1. The first-order chi connectivity index (χ1) is 9.22. The number of hydrogen-bond acceptors (Lipinski definition) is 3. The van der Waals surface area contributed by atoms with Gasteiger partial charge in [-0.1, -0.05) is 30.3 Å². The fraction of sp³-hybridized carbons (Fsp3) is 0.533. The molecular weight excluding hydrogens is 292 g/mol. The number of amides is 1. The van der Waals surface area contributed by atoms with Crippen LogP contribution in [0.4, 0.5) is 0 Å². The van der Waals surface area contributed by atoms with Crippen LogP contribution in [0, 0.1) is 0 Å². The highest BCUT2D eigenvalue weighted by Crippen LogP contribution is 2.23. The maximum Gasteiger partial charge on any atom is 0.235 e. The van der Waals surface area contributed by atoms with Gasteiger partial charge in [-0.15, -0.1) is 24.2 Å². The summed E-state index contributed by atoms with van der Waals surface area (Å²) in [6.45, 7) is 3.46. The van der Waals surface area contributed by atoms with E-state index < -0.39 is 0 Å². The Bertz CT molecular complexity index is 416. The van der Waals surface area contributed by atoms with Crippen LogP contribution in [0.2, 0.25) is 0 Å². The first-order valence-electron chi connectivity index (χ1n) is 6.88. The van der Waals surface area contributed by atoms with Gasteiger partial charge < -0.3 is 10.6 Å². The first-order valence-corrected chi connectivity index (χ1v) is 7.93. The second kappa shape index (κ2) is 8.55. The molecule has 1 aromatic carbocycles. The predicted molar refractivity (Wildman–Crippen MR) is 88.2 cm³/mol. The Kier molecular flexibility index (Phi) is 7.41. The average molecular weight is 315 g/mol. The van der Waals surface area contributed by atoms with Crippen LogP contribution < -0.4 is 5.73 Å². The molecule has 0 saturated carbocycles. The van der Waals surface area contributed by atoms with Crippen molar-refractivity contribution in [3.05, 3.63) is 35.9 Å². The zero-order valence-electron chi connectivity index (χ0n) is 11.8. The van der Waals surface area contributed by atoms with E-state index in [9.17, 15) is 4.79 Å². The predicted octanol–water partition coefficient (Wildman–Crippen LogP) is 2.68. The summed E-state index contributed by atoms with van der Waals surface area (Å²) in [5.41, 5.74) is 6.99. The molecule has 2 rings (SSSR count). The molecule has 1 aliphatic heterocycles. The van der Waals surface area contributed by atoms with Gasteiger partial charge in [0.25, 0.3) is 0 Å². The Morgan fingerprint density at radius 1 is 1.45 bits per heavy atom. The minimum atomic E-state index is 0. The van der Waals surface area contributed by atoms with Crippen LogP contribution in [0.5, 0.6) is 0 Å². The summed E-state index contributed by atoms with van der Waals surface area (Å²) in [4.78, 5) is 14.4. The van der Waals surface area contributed by atoms with Crippen LogP contribution in [0.3, 0.4) is 0 Å². The SMILES string of the molecule is CC(SCc1ccccc1)C(=O)N1CCCC1CN.Cl. The third kappa shape index (κ3) is 4.40. The van der Waals surface area contributed by atoms with E-state index in [0.29, 0.717) is 6.54 Å². The molecule has 5 heteroatoms. The van der Waals surface area contributed by atoms with Crippen LogP contribution in [-0.4, -0.2) is 35.2 Å². The normalized spacial score (nSPS) is 19.5. The third-order valence-electron chi connectivity index (χ3n) is 3.62. The van der Waals surface area contributed by atoms with Gasteiger partial charge in [-0.05, 0) is 25.3 Å². The van der Waals surface area contributed by atoms with E-state index in [1.165, 1.54) is 5.56 Å². The number of hydrogen-bond donors (Lipinski definition) is 1. The number of nitrogens with two attached hydrogens (primary N) is 1. The second-order valence-corrected chi connectivity index (χ2v) is 6.33. The summed E-state index contributed by atoms with van der Waals surface area (Å²) in [5.74, 6) is 1.13. The van der Waals surface area contributed by atoms with Gasteiger partial charge in [0.15, 0.2) is 0 Å². The summed E-state index contributed by atoms with van der Waals surface area (Å²) in [7, 11) is 0. The highest BCUT2D eigenvalue weighted by molar-refractivity contribution is 7.99. The van der Waals surface area contributed by atoms with Gasteiger partial charge in [0.1, 0.15) is 0 Å². The van der Waals surface area contributed by atoms with E-state index in [2.05, 4.69) is 12.1 Å². The highest BCUT2D eigenvalue weighted by atomic mass is 35.5. The Morgan fingerprint density at radius 2 is 2.15 bits per heavy atom. The number of rotatable bonds is 5. The number of nitrogens with zero attached hydrogens (tertiary/aromatic N) is 1. The molecule has 112 valence electrons. The van der Waals surface area contributed by atoms with Gasteiger partial charge in [0.2, 0.25) is 5.91 Å². The molecular formula is C15H23ClN2OS. The van der Waals surface area contributed by atoms with Gasteiger partial charge in [0, 0.05) is 24.9 Å². The fourth-order valence-electron chi connectivity index (χ4n) is 2.47. The van der Waals surface area contributed by atoms with Crippen LogP contribution in [0.25, 0.3) is 0 Å². The van der Waals surface area contributed by atoms with E-state index >= 15 is 0 Å². The molecule has 0 bridgehead atoms. The Hall–Kier alpha value is -0.710. The maximum absolute atomic E-state index is 12.4. The topological polar surface area (TPSA) is 46.3 Å². The Morgan fingerprint density at radius 3 is 2.80 bits per heavy atom. The van der Waals surface area contributed by atoms with E-state index in [4.69, 9.17) is 5.73 Å². The third-order valence-corrected chi connectivity index (χ3v) is 4.82. The molecule has 2 atom stereocenters. The minimum absolute atomic E-state index is 0. The summed E-state index contributed by atoms with van der Waals surface area (Å²) in [6.07, 6.45) is 2.14. The zero-order chi connectivity index (χ0) is 13.7. The van der Waals surface area contributed by atoms with Crippen molar-refractivity contribution in [1.29, 1.82) is 0 Å². The fourth-order valence-corrected chi connectivity index (χ4v) is 3.38. The largest absolute Gasteiger partial charge is 0.337 e. The highest BCUT2D eigenvalue weighted by Gasteiger charge is 2.30. The van der Waals surface area contributed by atoms with Crippen molar-refractivity contribution in [3.8, 4) is 0 Å². The number of carbonyl (C=O) groups excluding carboxylic acids is 1. The van der Waals surface area contributed by atoms with Gasteiger partial charge in [-0.3, -0.25) is 4.79 Å². The van der Waals surface area contributed by atoms with Gasteiger partial charge in [-0.25, -0.2) is 0 Å². The second-order valence-electron chi connectivity index (χ2n) is 5.00. The van der Waals surface area contributed by atoms with Crippen molar-refractivity contribution in [2.75, 3.05) is 13.1 Å². The minimum Gasteiger partial charge on any atom is -0.337 e. The molecule has 3 nitrogen and oxygen atoms in total. The lowest BCUT2D eigenvalue weighted by Gasteiger charge is -2.26. The van der Waals surface area contributed by atoms with Crippen molar-refractivity contribution >= 4 is 30.1 Å². The molecule has 0 radical (unpaired) electrons. The number of likely N-dealkylation sites (tertiary alicyclic amines) is 1. The number of thioether (sulfide) groups is 1. The molecule has 0 spiro atoms. The van der Waals surface area contributed by atoms with Crippen LogP contribution in [0.15, 0.2) is 30.3 Å². The summed E-state index contributed by atoms with van der Waals surface area (Å²) < 4.78 is 0. The van der Waals surface area contributed by atoms with Crippen LogP contribution >= 0.6 is 24.2 Å². The lowest BCUT2D eigenvalue weighted by molar-refractivity contribution is -0.130. The van der Waals surface area contributed by atoms with Crippen LogP contribution in [0.1, 0.15) is 25.3 Å². The Balaban J connectivity index is 0.00000200. The van der Waals surface area contributed by atoms with Crippen molar-refractivity contribution in [2.45, 2.75) is 36.8 Å². The molecule has 2 unspecified atom stereocenters. The van der Waals surface area contributed by atoms with E-state index in [1.54, 1.807) is 11.8 Å². The smallest absolute Gasteiger partial charge is 0.235 e. The summed E-state index contributed by atoms with van der Waals surface area (Å²) in [5, 5.41) is 0.00681. The molecule has 1 aromatic rings. The van der Waals surface area contributed by atoms with Crippen molar-refractivity contribution in [3.63, 3.8) is 0 Å². The van der Waals surface area contributed by atoms with Crippen molar-refractivity contribution in [2.24, 2.45) is 5.73 Å². The maximum atomic E-state index is 12.4. The Labute approximate surface area is 131 Å². The summed E-state index contributed by atoms with van der Waals surface area (Å²) in [6, 6.07) is 10.5. The zero-order valence-corrected chi connectivity index (χ0v) is 13.5. The molecule has 1 heterocycles. The van der Waals surface area contributed by atoms with Gasteiger partial charge >= 0.3 is 0 Å². The molecule has 0 aliphatic carbocycles. The molecule has 0 aromatic heterocycles.